The van der Waals surface area contributed by atoms with Crippen molar-refractivity contribution in [3.63, 3.8) is 0 Å². The fraction of sp³-hybridized carbons (Fsp3) is 0.538. The van der Waals surface area contributed by atoms with Gasteiger partial charge < -0.3 is 24.6 Å². The first-order valence-electron chi connectivity index (χ1n) is 11.6. The van der Waals surface area contributed by atoms with Crippen molar-refractivity contribution in [2.45, 2.75) is 37.9 Å². The van der Waals surface area contributed by atoms with Gasteiger partial charge >= 0.3 is 0 Å². The van der Waals surface area contributed by atoms with Crippen LogP contribution in [0.15, 0.2) is 48.5 Å². The Kier molecular flexibility index (Phi) is 7.05. The lowest BCUT2D eigenvalue weighted by Crippen LogP contribution is -2.55. The van der Waals surface area contributed by atoms with E-state index in [4.69, 9.17) is 9.47 Å². The summed E-state index contributed by atoms with van der Waals surface area (Å²) in [7, 11) is 0. The molecular weight excluding hydrogens is 404 g/mol. The Balaban J connectivity index is 1.34. The standard InChI is InChI=1S/C26H36N2O4/c1-21-6-5-8-23(16-21)32-20-26(30)18-27(14-15-31-19-26)17-25(29)10-12-28(13-11-25)24-9-4-3-7-22(24)2/h3-9,16,29-30H,10-15,17-20H2,1-2H3. The number of nitrogens with zero attached hydrogens (tertiary/aromatic N) is 2. The van der Waals surface area contributed by atoms with Crippen LogP contribution < -0.4 is 9.64 Å². The highest BCUT2D eigenvalue weighted by Crippen LogP contribution is 2.29. The number of benzene rings is 2. The summed E-state index contributed by atoms with van der Waals surface area (Å²) in [6.45, 7) is 8.37. The van der Waals surface area contributed by atoms with Crippen LogP contribution in [0.4, 0.5) is 5.69 Å². The van der Waals surface area contributed by atoms with E-state index >= 15 is 0 Å². The second-order valence-corrected chi connectivity index (χ2v) is 9.59. The van der Waals surface area contributed by atoms with Crippen molar-refractivity contribution in [1.82, 2.24) is 4.90 Å². The second kappa shape index (κ2) is 9.79. The van der Waals surface area contributed by atoms with E-state index in [0.717, 1.165) is 24.4 Å². The molecule has 0 radical (unpaired) electrons. The van der Waals surface area contributed by atoms with Gasteiger partial charge in [0.05, 0.1) is 18.8 Å². The Morgan fingerprint density at radius 3 is 2.50 bits per heavy atom. The molecule has 2 aromatic carbocycles. The Morgan fingerprint density at radius 1 is 0.969 bits per heavy atom. The van der Waals surface area contributed by atoms with Gasteiger partial charge in [-0.05, 0) is 56.0 Å². The van der Waals surface area contributed by atoms with Gasteiger partial charge in [0.2, 0.25) is 0 Å². The van der Waals surface area contributed by atoms with Crippen LogP contribution in [-0.2, 0) is 4.74 Å². The first-order chi connectivity index (χ1) is 15.3. The normalized spacial score (nSPS) is 24.2. The zero-order chi connectivity index (χ0) is 22.6. The molecule has 0 aliphatic carbocycles. The Morgan fingerprint density at radius 2 is 1.75 bits per heavy atom. The molecule has 1 unspecified atom stereocenters. The highest BCUT2D eigenvalue weighted by Gasteiger charge is 2.39. The van der Waals surface area contributed by atoms with Crippen molar-refractivity contribution >= 4 is 5.69 Å². The van der Waals surface area contributed by atoms with Crippen LogP contribution in [0.3, 0.4) is 0 Å². The van der Waals surface area contributed by atoms with Gasteiger partial charge in [-0.15, -0.1) is 0 Å². The molecule has 4 rings (SSSR count). The topological polar surface area (TPSA) is 65.4 Å². The van der Waals surface area contributed by atoms with Crippen molar-refractivity contribution in [1.29, 1.82) is 0 Å². The zero-order valence-electron chi connectivity index (χ0n) is 19.3. The summed E-state index contributed by atoms with van der Waals surface area (Å²) < 4.78 is 11.6. The van der Waals surface area contributed by atoms with Crippen molar-refractivity contribution in [2.24, 2.45) is 0 Å². The minimum Gasteiger partial charge on any atom is -0.490 e. The molecule has 2 fully saturated rings. The molecule has 2 heterocycles. The third-order valence-corrected chi connectivity index (χ3v) is 6.61. The molecule has 2 N–H and O–H groups in total. The lowest BCUT2D eigenvalue weighted by atomic mass is 9.89. The van der Waals surface area contributed by atoms with Crippen LogP contribution in [0.5, 0.6) is 5.75 Å². The zero-order valence-corrected chi connectivity index (χ0v) is 19.3. The number of rotatable bonds is 6. The summed E-state index contributed by atoms with van der Waals surface area (Å²) in [5.74, 6) is 0.747. The van der Waals surface area contributed by atoms with Gasteiger partial charge in [0, 0.05) is 38.4 Å². The summed E-state index contributed by atoms with van der Waals surface area (Å²) in [5.41, 5.74) is 1.76. The maximum Gasteiger partial charge on any atom is 0.134 e. The number of aryl methyl sites for hydroxylation is 2. The maximum atomic E-state index is 11.3. The van der Waals surface area contributed by atoms with E-state index in [1.807, 2.05) is 31.2 Å². The number of hydrogen-bond acceptors (Lipinski definition) is 6. The quantitative estimate of drug-likeness (QED) is 0.720. The van der Waals surface area contributed by atoms with Crippen molar-refractivity contribution < 1.29 is 19.7 Å². The number of anilines is 1. The van der Waals surface area contributed by atoms with E-state index in [0.29, 0.717) is 39.1 Å². The van der Waals surface area contributed by atoms with E-state index in [9.17, 15) is 10.2 Å². The van der Waals surface area contributed by atoms with Gasteiger partial charge in [0.25, 0.3) is 0 Å². The molecule has 1 atom stereocenters. The molecule has 6 nitrogen and oxygen atoms in total. The summed E-state index contributed by atoms with van der Waals surface area (Å²) in [6.07, 6.45) is 1.41. The number of aliphatic hydroxyl groups is 2. The van der Waals surface area contributed by atoms with Crippen LogP contribution in [-0.4, -0.2) is 78.9 Å². The molecule has 6 heteroatoms. The lowest BCUT2D eigenvalue weighted by Gasteiger charge is -2.42. The van der Waals surface area contributed by atoms with Gasteiger partial charge in [0.1, 0.15) is 18.0 Å². The summed E-state index contributed by atoms with van der Waals surface area (Å²) in [5, 5.41) is 22.5. The number of para-hydroxylation sites is 1. The van der Waals surface area contributed by atoms with Gasteiger partial charge in [-0.25, -0.2) is 0 Å². The highest BCUT2D eigenvalue weighted by atomic mass is 16.5. The molecular formula is C26H36N2O4. The number of hydrogen-bond donors (Lipinski definition) is 2. The SMILES string of the molecule is Cc1cccc(OCC2(O)COCCN(CC3(O)CCN(c4ccccc4C)CC3)C2)c1. The molecule has 0 saturated carbocycles. The fourth-order valence-corrected chi connectivity index (χ4v) is 4.80. The number of piperidine rings is 1. The summed E-state index contributed by atoms with van der Waals surface area (Å²) in [4.78, 5) is 4.50. The molecule has 0 bridgehead atoms. The molecule has 32 heavy (non-hydrogen) atoms. The average molecular weight is 441 g/mol. The lowest BCUT2D eigenvalue weighted by molar-refractivity contribution is -0.0742. The van der Waals surface area contributed by atoms with Crippen molar-refractivity contribution in [2.75, 3.05) is 57.4 Å². The summed E-state index contributed by atoms with van der Waals surface area (Å²) in [6, 6.07) is 16.2. The number of β-amino-alcohol motifs (C(OH)–C–C–N with tert-alkyl or cyclic N) is 2. The van der Waals surface area contributed by atoms with E-state index in [1.165, 1.54) is 11.3 Å². The van der Waals surface area contributed by atoms with Gasteiger partial charge in [0.15, 0.2) is 0 Å². The molecule has 2 aromatic rings. The van der Waals surface area contributed by atoms with Crippen LogP contribution >= 0.6 is 0 Å². The van der Waals surface area contributed by atoms with E-state index in [1.54, 1.807) is 0 Å². The molecule has 0 amide bonds. The van der Waals surface area contributed by atoms with Crippen molar-refractivity contribution in [3.8, 4) is 5.75 Å². The van der Waals surface area contributed by atoms with Crippen LogP contribution in [0.1, 0.15) is 24.0 Å². The smallest absolute Gasteiger partial charge is 0.134 e. The predicted molar refractivity (Wildman–Crippen MR) is 126 cm³/mol. The summed E-state index contributed by atoms with van der Waals surface area (Å²) >= 11 is 0. The molecule has 2 aliphatic rings. The highest BCUT2D eigenvalue weighted by molar-refractivity contribution is 5.53. The predicted octanol–water partition coefficient (Wildman–Crippen LogP) is 2.78. The minimum absolute atomic E-state index is 0.159. The molecule has 0 spiro atoms. The molecule has 2 aliphatic heterocycles. The third kappa shape index (κ3) is 5.81. The molecule has 174 valence electrons. The monoisotopic (exact) mass is 440 g/mol. The fourth-order valence-electron chi connectivity index (χ4n) is 4.80. The average Bonchev–Trinajstić information content (AvgIpc) is 2.95. The van der Waals surface area contributed by atoms with E-state index < -0.39 is 11.2 Å². The van der Waals surface area contributed by atoms with Gasteiger partial charge in [-0.2, -0.15) is 0 Å². The number of ether oxygens (including phenoxy) is 2. The Hall–Kier alpha value is -2.12. The second-order valence-electron chi connectivity index (χ2n) is 9.59. The van der Waals surface area contributed by atoms with E-state index in [2.05, 4.69) is 41.0 Å². The maximum absolute atomic E-state index is 11.3. The van der Waals surface area contributed by atoms with Crippen LogP contribution in [0.2, 0.25) is 0 Å². The largest absolute Gasteiger partial charge is 0.490 e. The van der Waals surface area contributed by atoms with Crippen LogP contribution in [0, 0.1) is 13.8 Å². The first kappa shape index (κ1) is 23.1. The van der Waals surface area contributed by atoms with Gasteiger partial charge in [-0.3, -0.25) is 4.90 Å². The molecule has 0 aromatic heterocycles. The first-order valence-corrected chi connectivity index (χ1v) is 11.6. The van der Waals surface area contributed by atoms with Crippen molar-refractivity contribution in [3.05, 3.63) is 59.7 Å². The molecule has 2 saturated heterocycles. The Labute approximate surface area is 191 Å². The Bertz CT molecular complexity index is 897. The minimum atomic E-state index is -1.11. The van der Waals surface area contributed by atoms with Crippen LogP contribution in [0.25, 0.3) is 0 Å². The van der Waals surface area contributed by atoms with Gasteiger partial charge in [-0.1, -0.05) is 30.3 Å². The van der Waals surface area contributed by atoms with E-state index in [-0.39, 0.29) is 13.2 Å². The third-order valence-electron chi connectivity index (χ3n) is 6.61.